The van der Waals surface area contributed by atoms with Crippen molar-refractivity contribution in [2.45, 2.75) is 51.5 Å². The van der Waals surface area contributed by atoms with Crippen molar-refractivity contribution in [3.8, 4) is 11.3 Å². The van der Waals surface area contributed by atoms with E-state index in [-0.39, 0.29) is 11.5 Å². The number of aromatic nitrogens is 2. The lowest BCUT2D eigenvalue weighted by atomic mass is 9.84. The van der Waals surface area contributed by atoms with Crippen LogP contribution < -0.4 is 10.9 Å². The molecule has 0 spiro atoms. The molecule has 1 fully saturated rings. The molecular formula is C26H27N3O3S. The SMILES string of the molecule is Cc1cc(-c2cc3ccccc3o2)cc(=O)n1[C@@H](CC1CCCCC1)C(=O)Nc1nccs1. The monoisotopic (exact) mass is 461 g/mol. The summed E-state index contributed by atoms with van der Waals surface area (Å²) < 4.78 is 7.61. The number of anilines is 1. The van der Waals surface area contributed by atoms with Crippen molar-refractivity contribution < 1.29 is 9.21 Å². The highest BCUT2D eigenvalue weighted by atomic mass is 32.1. The summed E-state index contributed by atoms with van der Waals surface area (Å²) in [4.78, 5) is 30.9. The van der Waals surface area contributed by atoms with Crippen LogP contribution in [0.3, 0.4) is 0 Å². The highest BCUT2D eigenvalue weighted by molar-refractivity contribution is 7.13. The molecule has 0 radical (unpaired) electrons. The van der Waals surface area contributed by atoms with E-state index in [1.807, 2.05) is 48.7 Å². The quantitative estimate of drug-likeness (QED) is 0.372. The number of aryl methyl sites for hydroxylation is 1. The Morgan fingerprint density at radius 1 is 1.21 bits per heavy atom. The van der Waals surface area contributed by atoms with E-state index in [0.29, 0.717) is 23.2 Å². The van der Waals surface area contributed by atoms with Gasteiger partial charge in [0.15, 0.2) is 5.13 Å². The van der Waals surface area contributed by atoms with Gasteiger partial charge in [0.1, 0.15) is 17.4 Å². The van der Waals surface area contributed by atoms with Crippen molar-refractivity contribution in [3.63, 3.8) is 0 Å². The van der Waals surface area contributed by atoms with Crippen molar-refractivity contribution in [2.75, 3.05) is 5.32 Å². The molecule has 5 rings (SSSR count). The van der Waals surface area contributed by atoms with Gasteiger partial charge in [0.2, 0.25) is 5.91 Å². The Morgan fingerprint density at radius 2 is 2.03 bits per heavy atom. The number of hydrogen-bond acceptors (Lipinski definition) is 5. The molecule has 0 aliphatic heterocycles. The molecule has 1 aliphatic rings. The van der Waals surface area contributed by atoms with E-state index in [1.54, 1.807) is 16.8 Å². The van der Waals surface area contributed by atoms with Crippen LogP contribution in [0, 0.1) is 12.8 Å². The molecule has 1 N–H and O–H groups in total. The molecule has 1 aromatic carbocycles. The fourth-order valence-electron chi connectivity index (χ4n) is 4.92. The summed E-state index contributed by atoms with van der Waals surface area (Å²) in [5, 5.41) is 6.29. The topological polar surface area (TPSA) is 77.1 Å². The minimum atomic E-state index is -0.575. The zero-order chi connectivity index (χ0) is 22.8. The normalized spacial score (nSPS) is 15.5. The second-order valence-electron chi connectivity index (χ2n) is 8.82. The molecule has 170 valence electrons. The summed E-state index contributed by atoms with van der Waals surface area (Å²) in [5.41, 5.74) is 2.06. The van der Waals surface area contributed by atoms with Crippen LogP contribution >= 0.6 is 11.3 Å². The minimum Gasteiger partial charge on any atom is -0.456 e. The first-order valence-corrected chi connectivity index (χ1v) is 12.4. The number of hydrogen-bond donors (Lipinski definition) is 1. The van der Waals surface area contributed by atoms with Crippen LogP contribution in [-0.4, -0.2) is 15.5 Å². The van der Waals surface area contributed by atoms with E-state index in [1.165, 1.54) is 30.6 Å². The lowest BCUT2D eigenvalue weighted by Gasteiger charge is -2.28. The molecule has 0 saturated heterocycles. The van der Waals surface area contributed by atoms with Gasteiger partial charge in [0.25, 0.3) is 5.56 Å². The standard InChI is InChI=1S/C26H27N3O3S/c1-17-13-20(23-15-19-9-5-6-10-22(19)32-23)16-24(30)29(17)21(14-18-7-3-2-4-8-18)25(31)28-26-27-11-12-33-26/h5-6,9-13,15-16,18,21H,2-4,7-8,14H2,1H3,(H,27,28,31)/t21-/m0/s1. The molecule has 3 heterocycles. The molecule has 3 aromatic heterocycles. The van der Waals surface area contributed by atoms with Crippen LogP contribution in [0.1, 0.15) is 50.3 Å². The number of fused-ring (bicyclic) bond motifs is 1. The minimum absolute atomic E-state index is 0.183. The predicted octanol–water partition coefficient (Wildman–Crippen LogP) is 6.18. The number of carbonyl (C=O) groups excluding carboxylic acids is 1. The summed E-state index contributed by atoms with van der Waals surface area (Å²) in [5.74, 6) is 0.906. The average Bonchev–Trinajstić information content (AvgIpc) is 3.48. The number of benzene rings is 1. The molecule has 1 atom stereocenters. The highest BCUT2D eigenvalue weighted by Crippen LogP contribution is 2.33. The van der Waals surface area contributed by atoms with Gasteiger partial charge < -0.3 is 14.3 Å². The first-order valence-electron chi connectivity index (χ1n) is 11.5. The summed E-state index contributed by atoms with van der Waals surface area (Å²) in [6.45, 7) is 1.89. The van der Waals surface area contributed by atoms with Gasteiger partial charge in [0, 0.05) is 34.3 Å². The van der Waals surface area contributed by atoms with E-state index < -0.39 is 6.04 Å². The van der Waals surface area contributed by atoms with Crippen molar-refractivity contribution in [1.82, 2.24) is 9.55 Å². The third kappa shape index (κ3) is 4.64. The van der Waals surface area contributed by atoms with E-state index in [9.17, 15) is 9.59 Å². The maximum absolute atomic E-state index is 13.4. The second kappa shape index (κ2) is 9.35. The van der Waals surface area contributed by atoms with Crippen molar-refractivity contribution in [3.05, 3.63) is 70.1 Å². The van der Waals surface area contributed by atoms with Crippen LogP contribution in [0.25, 0.3) is 22.3 Å². The second-order valence-corrected chi connectivity index (χ2v) is 9.72. The first-order chi connectivity index (χ1) is 16.1. The first kappa shape index (κ1) is 21.6. The van der Waals surface area contributed by atoms with E-state index in [2.05, 4.69) is 10.3 Å². The Morgan fingerprint density at radius 3 is 2.76 bits per heavy atom. The predicted molar refractivity (Wildman–Crippen MR) is 132 cm³/mol. The van der Waals surface area contributed by atoms with Crippen LogP contribution in [0.5, 0.6) is 0 Å². The van der Waals surface area contributed by atoms with Gasteiger partial charge in [-0.1, -0.05) is 50.3 Å². The lowest BCUT2D eigenvalue weighted by molar-refractivity contribution is -0.120. The lowest BCUT2D eigenvalue weighted by Crippen LogP contribution is -2.36. The molecule has 1 amide bonds. The van der Waals surface area contributed by atoms with Gasteiger partial charge in [-0.15, -0.1) is 11.3 Å². The Hall–Kier alpha value is -3.19. The zero-order valence-corrected chi connectivity index (χ0v) is 19.4. The summed E-state index contributed by atoms with van der Waals surface area (Å²) in [6.07, 6.45) is 8.14. The molecule has 6 nitrogen and oxygen atoms in total. The van der Waals surface area contributed by atoms with Crippen LogP contribution in [0.4, 0.5) is 5.13 Å². The number of nitrogens with one attached hydrogen (secondary N) is 1. The number of nitrogens with zero attached hydrogens (tertiary/aromatic N) is 2. The zero-order valence-electron chi connectivity index (χ0n) is 18.6. The van der Waals surface area contributed by atoms with E-state index >= 15 is 0 Å². The average molecular weight is 462 g/mol. The Balaban J connectivity index is 1.50. The van der Waals surface area contributed by atoms with E-state index in [4.69, 9.17) is 4.42 Å². The number of para-hydroxylation sites is 1. The molecule has 7 heteroatoms. The third-order valence-corrected chi connectivity index (χ3v) is 7.22. The molecular weight excluding hydrogens is 434 g/mol. The van der Waals surface area contributed by atoms with Crippen molar-refractivity contribution >= 4 is 33.3 Å². The summed E-state index contributed by atoms with van der Waals surface area (Å²) in [6, 6.07) is 12.7. The summed E-state index contributed by atoms with van der Waals surface area (Å²) >= 11 is 1.38. The van der Waals surface area contributed by atoms with E-state index in [0.717, 1.165) is 35.1 Å². The fraction of sp³-hybridized carbons (Fsp3) is 0.346. The number of furan rings is 1. The number of pyridine rings is 1. The van der Waals surface area contributed by atoms with Crippen molar-refractivity contribution in [2.24, 2.45) is 5.92 Å². The number of amides is 1. The maximum Gasteiger partial charge on any atom is 0.252 e. The smallest absolute Gasteiger partial charge is 0.252 e. The molecule has 33 heavy (non-hydrogen) atoms. The number of rotatable bonds is 6. The molecule has 0 bridgehead atoms. The number of carbonyl (C=O) groups is 1. The summed E-state index contributed by atoms with van der Waals surface area (Å²) in [7, 11) is 0. The largest absolute Gasteiger partial charge is 0.456 e. The van der Waals surface area contributed by atoms with Crippen LogP contribution in [0.15, 0.2) is 63.3 Å². The molecule has 4 aromatic rings. The Kier molecular flexibility index (Phi) is 6.13. The van der Waals surface area contributed by atoms with Gasteiger partial charge in [-0.25, -0.2) is 4.98 Å². The third-order valence-electron chi connectivity index (χ3n) is 6.53. The molecule has 1 saturated carbocycles. The molecule has 0 unspecified atom stereocenters. The van der Waals surface area contributed by atoms with Gasteiger partial charge in [-0.2, -0.15) is 0 Å². The van der Waals surface area contributed by atoms with Gasteiger partial charge in [-0.05, 0) is 37.5 Å². The van der Waals surface area contributed by atoms with Crippen molar-refractivity contribution in [1.29, 1.82) is 0 Å². The van der Waals surface area contributed by atoms with Gasteiger partial charge in [0.05, 0.1) is 0 Å². The number of thiazole rings is 1. The van der Waals surface area contributed by atoms with Gasteiger partial charge >= 0.3 is 0 Å². The van der Waals surface area contributed by atoms with Gasteiger partial charge in [-0.3, -0.25) is 9.59 Å². The van der Waals surface area contributed by atoms with Crippen LogP contribution in [-0.2, 0) is 4.79 Å². The Labute approximate surface area is 196 Å². The fourth-order valence-corrected chi connectivity index (χ4v) is 5.45. The van der Waals surface area contributed by atoms with Crippen LogP contribution in [0.2, 0.25) is 0 Å². The maximum atomic E-state index is 13.4. The Bertz CT molecular complexity index is 1280. The molecule has 1 aliphatic carbocycles. The highest BCUT2D eigenvalue weighted by Gasteiger charge is 2.28.